The number of aromatic hydroxyl groups is 1. The molecule has 0 aliphatic carbocycles. The van der Waals surface area contributed by atoms with E-state index in [0.717, 1.165) is 0 Å². The highest BCUT2D eigenvalue weighted by Crippen LogP contribution is 2.29. The van der Waals surface area contributed by atoms with E-state index < -0.39 is 16.1 Å². The molecule has 0 saturated carbocycles. The van der Waals surface area contributed by atoms with Crippen molar-refractivity contribution in [3.63, 3.8) is 0 Å². The number of nitrogens with one attached hydrogen (secondary N) is 2. The van der Waals surface area contributed by atoms with Gasteiger partial charge in [-0.2, -0.15) is 8.42 Å². The Morgan fingerprint density at radius 2 is 2.00 bits per heavy atom. The highest BCUT2D eigenvalue weighted by atomic mass is 35.5. The number of carbonyl (C=O) groups excluding carboxylic acids is 1. The predicted molar refractivity (Wildman–Crippen MR) is 104 cm³/mol. The smallest absolute Gasteiger partial charge is 0.367 e. The van der Waals surface area contributed by atoms with Crippen molar-refractivity contribution in [1.29, 1.82) is 0 Å². The van der Waals surface area contributed by atoms with E-state index >= 15 is 0 Å². The Kier molecular flexibility index (Phi) is 5.29. The van der Waals surface area contributed by atoms with Crippen LogP contribution >= 0.6 is 11.6 Å². The number of phenols is 1. The van der Waals surface area contributed by atoms with Crippen molar-refractivity contribution in [2.45, 2.75) is 6.54 Å². The van der Waals surface area contributed by atoms with Gasteiger partial charge in [-0.3, -0.25) is 4.79 Å². The number of amides is 1. The van der Waals surface area contributed by atoms with Crippen molar-refractivity contribution in [2.24, 2.45) is 8.80 Å². The molecule has 3 rings (SSSR count). The van der Waals surface area contributed by atoms with E-state index in [1.165, 1.54) is 29.4 Å². The SMILES string of the molecule is CN(C)C(=O)c1cccc(NC2=NS(=O)(=O)N=C2NCc2cc(Cl)co2)c1O. The average Bonchev–Trinajstić information content (AvgIpc) is 3.16. The molecule has 0 bridgehead atoms. The number of carbonyl (C=O) groups is 1. The van der Waals surface area contributed by atoms with Crippen LogP contribution in [0.2, 0.25) is 5.02 Å². The van der Waals surface area contributed by atoms with Crippen LogP contribution < -0.4 is 10.6 Å². The second-order valence-electron chi connectivity index (χ2n) is 5.94. The molecule has 28 heavy (non-hydrogen) atoms. The number of phenolic OH excluding ortho intramolecular Hbond substituents is 1. The van der Waals surface area contributed by atoms with Crippen molar-refractivity contribution < 1.29 is 22.7 Å². The summed E-state index contributed by atoms with van der Waals surface area (Å²) in [6.45, 7) is 0.104. The number of halogens is 1. The minimum absolute atomic E-state index is 0.0492. The van der Waals surface area contributed by atoms with Gasteiger partial charge in [-0.05, 0) is 12.1 Å². The quantitative estimate of drug-likeness (QED) is 0.632. The summed E-state index contributed by atoms with van der Waals surface area (Å²) < 4.78 is 35.8. The molecule has 0 fully saturated rings. The number of nitrogens with zero attached hydrogens (tertiary/aromatic N) is 3. The van der Waals surface area contributed by atoms with Crippen LogP contribution in [0.15, 0.2) is 43.7 Å². The first-order valence-electron chi connectivity index (χ1n) is 7.89. The molecule has 0 spiro atoms. The maximum atomic E-state index is 12.1. The van der Waals surface area contributed by atoms with E-state index in [4.69, 9.17) is 16.0 Å². The Bertz CT molecular complexity index is 1090. The summed E-state index contributed by atoms with van der Waals surface area (Å²) in [6, 6.07) is 6.02. The molecule has 0 radical (unpaired) electrons. The molecule has 1 aromatic carbocycles. The Morgan fingerprint density at radius 3 is 2.64 bits per heavy atom. The largest absolute Gasteiger partial charge is 0.505 e. The van der Waals surface area contributed by atoms with E-state index in [0.29, 0.717) is 10.8 Å². The lowest BCUT2D eigenvalue weighted by Crippen LogP contribution is -2.33. The van der Waals surface area contributed by atoms with Crippen molar-refractivity contribution in [3.8, 4) is 5.75 Å². The van der Waals surface area contributed by atoms with Crippen molar-refractivity contribution in [2.75, 3.05) is 19.4 Å². The fraction of sp³-hybridized carbons (Fsp3) is 0.188. The molecule has 0 unspecified atom stereocenters. The van der Waals surface area contributed by atoms with E-state index in [1.54, 1.807) is 20.2 Å². The van der Waals surface area contributed by atoms with Gasteiger partial charge in [0.2, 0.25) is 0 Å². The highest BCUT2D eigenvalue weighted by Gasteiger charge is 2.26. The molecule has 2 aromatic rings. The summed E-state index contributed by atoms with van der Waals surface area (Å²) in [4.78, 5) is 13.4. The second kappa shape index (κ2) is 7.52. The molecular weight excluding hydrogens is 410 g/mol. The predicted octanol–water partition coefficient (Wildman–Crippen LogP) is 1.60. The molecule has 1 aromatic heterocycles. The molecule has 1 aliphatic heterocycles. The first-order valence-corrected chi connectivity index (χ1v) is 9.66. The van der Waals surface area contributed by atoms with Crippen LogP contribution in [-0.2, 0) is 16.8 Å². The summed E-state index contributed by atoms with van der Waals surface area (Å²) in [6.07, 6.45) is 1.34. The number of hydrogen-bond acceptors (Lipinski definition) is 7. The monoisotopic (exact) mass is 425 g/mol. The Balaban J connectivity index is 1.83. The first kappa shape index (κ1) is 19.7. The maximum Gasteiger partial charge on any atom is 0.367 e. The molecule has 0 atom stereocenters. The summed E-state index contributed by atoms with van der Waals surface area (Å²) >= 11 is 5.77. The van der Waals surface area contributed by atoms with Crippen molar-refractivity contribution >= 4 is 45.1 Å². The number of furan rings is 1. The summed E-state index contributed by atoms with van der Waals surface area (Å²) in [5.74, 6) is -0.509. The van der Waals surface area contributed by atoms with Gasteiger partial charge in [-0.25, -0.2) is 0 Å². The van der Waals surface area contributed by atoms with Gasteiger partial charge in [0.05, 0.1) is 22.8 Å². The fourth-order valence-corrected chi connectivity index (χ4v) is 3.29. The van der Waals surface area contributed by atoms with Crippen LogP contribution in [0, 0.1) is 0 Å². The lowest BCUT2D eigenvalue weighted by Gasteiger charge is -2.15. The van der Waals surface area contributed by atoms with Crippen LogP contribution in [0.25, 0.3) is 0 Å². The minimum Gasteiger partial charge on any atom is -0.505 e. The van der Waals surface area contributed by atoms with Crippen molar-refractivity contribution in [1.82, 2.24) is 10.2 Å². The third-order valence-electron chi connectivity index (χ3n) is 3.62. The molecule has 2 heterocycles. The van der Waals surface area contributed by atoms with Gasteiger partial charge in [-0.1, -0.05) is 17.7 Å². The van der Waals surface area contributed by atoms with Gasteiger partial charge < -0.3 is 25.1 Å². The van der Waals surface area contributed by atoms with Gasteiger partial charge in [0.15, 0.2) is 17.4 Å². The standard InChI is InChI=1S/C16H16ClN5O5S/c1-22(2)16(24)11-4-3-5-12(13(11)23)19-15-14(20-28(25,26)21-15)18-7-10-6-9(17)8-27-10/h3-6,8,23H,7H2,1-2H3,(H,18,20)(H,19,21). The van der Waals surface area contributed by atoms with Gasteiger partial charge in [-0.15, -0.1) is 8.80 Å². The Morgan fingerprint density at radius 1 is 1.29 bits per heavy atom. The molecule has 10 nitrogen and oxygen atoms in total. The topological polar surface area (TPSA) is 137 Å². The van der Waals surface area contributed by atoms with Gasteiger partial charge in [0, 0.05) is 20.2 Å². The number of benzene rings is 1. The van der Waals surface area contributed by atoms with Crippen LogP contribution in [0.4, 0.5) is 5.69 Å². The number of hydrogen-bond donors (Lipinski definition) is 3. The number of anilines is 1. The van der Waals surface area contributed by atoms with Crippen LogP contribution in [-0.4, -0.2) is 50.1 Å². The first-order chi connectivity index (χ1) is 13.2. The fourth-order valence-electron chi connectivity index (χ4n) is 2.34. The molecule has 12 heteroatoms. The second-order valence-corrected chi connectivity index (χ2v) is 7.64. The van der Waals surface area contributed by atoms with E-state index in [-0.39, 0.29) is 35.2 Å². The minimum atomic E-state index is -4.08. The van der Waals surface area contributed by atoms with Crippen molar-refractivity contribution in [3.05, 3.63) is 46.9 Å². The third-order valence-corrected chi connectivity index (χ3v) is 4.64. The maximum absolute atomic E-state index is 12.1. The van der Waals surface area contributed by atoms with E-state index in [1.807, 2.05) is 0 Å². The zero-order chi connectivity index (χ0) is 20.5. The summed E-state index contributed by atoms with van der Waals surface area (Å²) in [7, 11) is -0.986. The third kappa shape index (κ3) is 4.26. The van der Waals surface area contributed by atoms with E-state index in [2.05, 4.69) is 19.4 Å². The van der Waals surface area contributed by atoms with E-state index in [9.17, 15) is 18.3 Å². The van der Waals surface area contributed by atoms with Crippen LogP contribution in [0.3, 0.4) is 0 Å². The van der Waals surface area contributed by atoms with Gasteiger partial charge in [0.25, 0.3) is 5.91 Å². The summed E-state index contributed by atoms with van der Waals surface area (Å²) in [5, 5.41) is 16.3. The average molecular weight is 426 g/mol. The molecule has 0 saturated heterocycles. The molecular formula is C16H16ClN5O5S. The van der Waals surface area contributed by atoms with Crippen LogP contribution in [0.5, 0.6) is 5.75 Å². The van der Waals surface area contributed by atoms with Gasteiger partial charge in [0.1, 0.15) is 12.0 Å². The molecule has 3 N–H and O–H groups in total. The number of rotatable bonds is 4. The Labute approximate surface area is 165 Å². The highest BCUT2D eigenvalue weighted by molar-refractivity contribution is 7.89. The molecule has 1 aliphatic rings. The summed E-state index contributed by atoms with van der Waals surface area (Å²) in [5.41, 5.74) is 0.146. The van der Waals surface area contributed by atoms with Gasteiger partial charge >= 0.3 is 10.2 Å². The zero-order valence-electron chi connectivity index (χ0n) is 14.8. The lowest BCUT2D eigenvalue weighted by molar-refractivity contribution is 0.0824. The Hall–Kier alpha value is -3.05. The molecule has 1 amide bonds. The number of amidine groups is 2. The zero-order valence-corrected chi connectivity index (χ0v) is 16.4. The normalized spacial score (nSPS) is 15.0. The lowest BCUT2D eigenvalue weighted by atomic mass is 10.1. The van der Waals surface area contributed by atoms with Crippen LogP contribution in [0.1, 0.15) is 16.1 Å². The molecule has 148 valence electrons. The number of para-hydroxylation sites is 1.